The van der Waals surface area contributed by atoms with Crippen molar-refractivity contribution in [3.63, 3.8) is 0 Å². The minimum Gasteiger partial charge on any atom is -0.449 e. The number of carbonyl (C=O) groups is 2. The SMILES string of the molecule is CC(C)CC(=O)O[C@]1(C(=O)SCC#N)CC[C@H]2[C@@H]3CCC4=Cc5c(cnn5-c5ccc(F)cc5)C[C@]4(C)[C@H]3[C@@H](O)C[C@@]21C. The minimum atomic E-state index is -1.36. The summed E-state index contributed by atoms with van der Waals surface area (Å²) in [6, 6.07) is 8.39. The van der Waals surface area contributed by atoms with E-state index in [-0.39, 0.29) is 52.2 Å². The van der Waals surface area contributed by atoms with Crippen LogP contribution in [0, 0.1) is 51.6 Å². The predicted molar refractivity (Wildman–Crippen MR) is 162 cm³/mol. The molecule has 0 bridgehead atoms. The Morgan fingerprint density at radius 3 is 2.70 bits per heavy atom. The van der Waals surface area contributed by atoms with E-state index in [2.05, 4.69) is 18.1 Å². The van der Waals surface area contributed by atoms with Crippen molar-refractivity contribution in [2.45, 2.75) is 84.3 Å². The van der Waals surface area contributed by atoms with Gasteiger partial charge >= 0.3 is 5.97 Å². The van der Waals surface area contributed by atoms with E-state index in [0.717, 1.165) is 54.4 Å². The molecule has 0 unspecified atom stereocenters. The number of ether oxygens (including phenoxy) is 1. The molecule has 0 spiro atoms. The zero-order valence-electron chi connectivity index (χ0n) is 25.3. The second kappa shape index (κ2) is 10.9. The number of halogens is 1. The van der Waals surface area contributed by atoms with Gasteiger partial charge in [0.2, 0.25) is 5.12 Å². The Hall–Kier alpha value is -2.96. The van der Waals surface area contributed by atoms with Gasteiger partial charge < -0.3 is 9.84 Å². The van der Waals surface area contributed by atoms with Gasteiger partial charge in [0.25, 0.3) is 0 Å². The Morgan fingerprint density at radius 2 is 2.00 bits per heavy atom. The third-order valence-corrected chi connectivity index (χ3v) is 11.9. The number of esters is 1. The molecule has 1 aromatic heterocycles. The summed E-state index contributed by atoms with van der Waals surface area (Å²) in [7, 11) is 0. The lowest BCUT2D eigenvalue weighted by Crippen LogP contribution is -2.62. The van der Waals surface area contributed by atoms with Crippen molar-refractivity contribution < 1.29 is 23.8 Å². The van der Waals surface area contributed by atoms with Gasteiger partial charge in [0.15, 0.2) is 5.60 Å². The molecule has 228 valence electrons. The van der Waals surface area contributed by atoms with E-state index in [1.54, 1.807) is 12.1 Å². The summed E-state index contributed by atoms with van der Waals surface area (Å²) in [5.74, 6) is -0.355. The maximum absolute atomic E-state index is 13.9. The summed E-state index contributed by atoms with van der Waals surface area (Å²) in [4.78, 5) is 27.0. The second-order valence-electron chi connectivity index (χ2n) is 13.9. The molecule has 4 aliphatic carbocycles. The molecule has 6 rings (SSSR count). The van der Waals surface area contributed by atoms with Gasteiger partial charge in [0.05, 0.1) is 35.5 Å². The lowest BCUT2D eigenvalue weighted by molar-refractivity contribution is -0.197. The van der Waals surface area contributed by atoms with E-state index in [9.17, 15) is 24.3 Å². The van der Waals surface area contributed by atoms with Crippen LogP contribution >= 0.6 is 11.8 Å². The molecule has 1 heterocycles. The third-order valence-electron chi connectivity index (χ3n) is 11.1. The fourth-order valence-electron chi connectivity index (χ4n) is 9.29. The second-order valence-corrected chi connectivity index (χ2v) is 14.9. The van der Waals surface area contributed by atoms with Gasteiger partial charge in [-0.2, -0.15) is 10.4 Å². The molecule has 0 radical (unpaired) electrons. The number of fused-ring (bicyclic) bond motifs is 6. The van der Waals surface area contributed by atoms with Crippen LogP contribution in [0.5, 0.6) is 0 Å². The van der Waals surface area contributed by atoms with E-state index in [4.69, 9.17) is 4.74 Å². The molecule has 0 amide bonds. The highest BCUT2D eigenvalue weighted by atomic mass is 32.2. The molecule has 0 aliphatic heterocycles. The lowest BCUT2D eigenvalue weighted by atomic mass is 9.45. The smallest absolute Gasteiger partial charge is 0.307 e. The van der Waals surface area contributed by atoms with E-state index in [0.29, 0.717) is 12.8 Å². The number of rotatable bonds is 6. The number of aliphatic hydroxyl groups excluding tert-OH is 1. The van der Waals surface area contributed by atoms with Gasteiger partial charge in [0.1, 0.15) is 5.82 Å². The van der Waals surface area contributed by atoms with Crippen LogP contribution in [0.2, 0.25) is 0 Å². The molecule has 43 heavy (non-hydrogen) atoms. The van der Waals surface area contributed by atoms with Crippen LogP contribution in [0.1, 0.15) is 77.5 Å². The minimum absolute atomic E-state index is 0.00215. The zero-order valence-corrected chi connectivity index (χ0v) is 26.1. The molecule has 1 aromatic carbocycles. The summed E-state index contributed by atoms with van der Waals surface area (Å²) in [5.41, 5.74) is 1.83. The fraction of sp³-hybridized carbons (Fsp3) is 0.588. The first-order valence-electron chi connectivity index (χ1n) is 15.4. The first-order valence-corrected chi connectivity index (χ1v) is 16.4. The number of nitriles is 1. The Balaban J connectivity index is 1.34. The van der Waals surface area contributed by atoms with Crippen molar-refractivity contribution in [2.24, 2.45) is 34.5 Å². The highest BCUT2D eigenvalue weighted by Gasteiger charge is 2.70. The van der Waals surface area contributed by atoms with Crippen LogP contribution in [0.4, 0.5) is 4.39 Å². The molecule has 2 aromatic rings. The number of benzene rings is 1. The maximum atomic E-state index is 13.9. The molecule has 3 saturated carbocycles. The monoisotopic (exact) mass is 605 g/mol. The van der Waals surface area contributed by atoms with E-state index >= 15 is 0 Å². The van der Waals surface area contributed by atoms with E-state index < -0.39 is 23.1 Å². The summed E-state index contributed by atoms with van der Waals surface area (Å²) >= 11 is 0.931. The van der Waals surface area contributed by atoms with Crippen molar-refractivity contribution in [3.8, 4) is 11.8 Å². The number of nitrogens with zero attached hydrogens (tertiary/aromatic N) is 3. The van der Waals surface area contributed by atoms with Crippen molar-refractivity contribution in [3.05, 3.63) is 53.1 Å². The Labute approximate surface area is 256 Å². The standard InChI is InChI=1S/C34H40FN3O4S/c1-20(2)15-29(40)42-34(31(41)43-14-13-36)12-11-26-25-10-5-22-16-27-21(19-37-38(27)24-8-6-23(35)7-9-24)17-32(22,3)30(25)28(39)18-33(26,34)4/h6-9,16,19-20,25-26,28,30,39H,5,10-12,14-15,17-18H2,1-4H3/t25-,26-,28-,30+,32-,33-,34-/m0/s1. The van der Waals surface area contributed by atoms with Crippen LogP contribution in [0.25, 0.3) is 11.8 Å². The predicted octanol–water partition coefficient (Wildman–Crippen LogP) is 6.28. The first-order chi connectivity index (χ1) is 20.4. The number of aromatic nitrogens is 2. The zero-order chi connectivity index (χ0) is 30.7. The molecule has 4 aliphatic rings. The average Bonchev–Trinajstić information content (AvgIpc) is 3.47. The molecule has 9 heteroatoms. The van der Waals surface area contributed by atoms with Crippen molar-refractivity contribution in [2.75, 3.05) is 5.75 Å². The molecule has 7 atom stereocenters. The molecule has 1 N–H and O–H groups in total. The van der Waals surface area contributed by atoms with Gasteiger partial charge in [-0.3, -0.25) is 9.59 Å². The number of hydrogen-bond donors (Lipinski definition) is 1. The van der Waals surface area contributed by atoms with Gasteiger partial charge in [-0.15, -0.1) is 0 Å². The van der Waals surface area contributed by atoms with E-state index in [1.165, 1.54) is 17.7 Å². The van der Waals surface area contributed by atoms with Crippen LogP contribution in [-0.4, -0.2) is 43.4 Å². The fourth-order valence-corrected chi connectivity index (χ4v) is 10.1. The van der Waals surface area contributed by atoms with Crippen molar-refractivity contribution in [1.82, 2.24) is 9.78 Å². The van der Waals surface area contributed by atoms with E-state index in [1.807, 2.05) is 37.7 Å². The Bertz CT molecular complexity index is 1510. The summed E-state index contributed by atoms with van der Waals surface area (Å²) in [6.07, 6.45) is 7.62. The van der Waals surface area contributed by atoms with Crippen LogP contribution in [0.3, 0.4) is 0 Å². The topological polar surface area (TPSA) is 105 Å². The van der Waals surface area contributed by atoms with Crippen molar-refractivity contribution >= 4 is 28.9 Å². The summed E-state index contributed by atoms with van der Waals surface area (Å²) < 4.78 is 21.7. The normalized spacial score (nSPS) is 34.3. The third kappa shape index (κ3) is 4.67. The van der Waals surface area contributed by atoms with Crippen molar-refractivity contribution in [1.29, 1.82) is 5.26 Å². The first kappa shape index (κ1) is 30.1. The molecule has 0 saturated heterocycles. The van der Waals surface area contributed by atoms with Gasteiger partial charge in [-0.25, -0.2) is 9.07 Å². The number of allylic oxidation sites excluding steroid dienone is 1. The number of thioether (sulfide) groups is 1. The summed E-state index contributed by atoms with van der Waals surface area (Å²) in [5, 5.41) is 25.7. The maximum Gasteiger partial charge on any atom is 0.307 e. The molecule has 3 fully saturated rings. The number of carbonyl (C=O) groups excluding carboxylic acids is 2. The lowest BCUT2D eigenvalue weighted by Gasteiger charge is -2.60. The number of aliphatic hydroxyl groups is 1. The largest absolute Gasteiger partial charge is 0.449 e. The molecular formula is C34H40FN3O4S. The molecular weight excluding hydrogens is 565 g/mol. The number of hydrogen-bond acceptors (Lipinski definition) is 7. The Morgan fingerprint density at radius 1 is 1.26 bits per heavy atom. The summed E-state index contributed by atoms with van der Waals surface area (Å²) in [6.45, 7) is 8.19. The quantitative estimate of drug-likeness (QED) is 0.387. The van der Waals surface area contributed by atoms with Crippen LogP contribution < -0.4 is 0 Å². The highest BCUT2D eigenvalue weighted by molar-refractivity contribution is 8.14. The van der Waals surface area contributed by atoms with Crippen LogP contribution in [-0.2, 0) is 20.7 Å². The van der Waals surface area contributed by atoms with Gasteiger partial charge in [-0.1, -0.05) is 45.0 Å². The van der Waals surface area contributed by atoms with Crippen LogP contribution in [0.15, 0.2) is 36.0 Å². The van der Waals surface area contributed by atoms with Gasteiger partial charge in [0, 0.05) is 11.8 Å². The average molecular weight is 606 g/mol. The Kier molecular flexibility index (Phi) is 7.62. The molecule has 7 nitrogen and oxygen atoms in total. The highest BCUT2D eigenvalue weighted by Crippen LogP contribution is 2.69. The van der Waals surface area contributed by atoms with Gasteiger partial charge in [-0.05, 0) is 104 Å².